The summed E-state index contributed by atoms with van der Waals surface area (Å²) in [7, 11) is 0. The number of rotatable bonds is 3. The van der Waals surface area contributed by atoms with Crippen molar-refractivity contribution < 1.29 is 4.79 Å². The highest BCUT2D eigenvalue weighted by Crippen LogP contribution is 2.24. The van der Waals surface area contributed by atoms with Crippen LogP contribution in [-0.4, -0.2) is 71.2 Å². The molecule has 0 aromatic carbocycles. The molecule has 4 rings (SSSR count). The molecule has 25 heavy (non-hydrogen) atoms. The summed E-state index contributed by atoms with van der Waals surface area (Å²) in [6.07, 6.45) is 9.21. The van der Waals surface area contributed by atoms with E-state index in [1.54, 1.807) is 0 Å². The van der Waals surface area contributed by atoms with Crippen molar-refractivity contribution in [1.29, 1.82) is 0 Å². The topological polar surface area (TPSA) is 52.6 Å². The van der Waals surface area contributed by atoms with Crippen molar-refractivity contribution in [3.05, 3.63) is 17.8 Å². The van der Waals surface area contributed by atoms with Crippen LogP contribution in [0, 0.1) is 0 Å². The summed E-state index contributed by atoms with van der Waals surface area (Å²) in [5, 5.41) is 8.49. The third-order valence-corrected chi connectivity index (χ3v) is 5.99. The van der Waals surface area contributed by atoms with Gasteiger partial charge in [0.2, 0.25) is 0 Å². The highest BCUT2D eigenvalue weighted by molar-refractivity contribution is 5.92. The molecule has 0 spiro atoms. The molecular formula is C19H29N5O. The normalized spacial score (nSPS) is 23.2. The van der Waals surface area contributed by atoms with Crippen molar-refractivity contribution in [3.8, 4) is 0 Å². The minimum atomic E-state index is 0.0313. The maximum Gasteiger partial charge on any atom is 0.274 e. The van der Waals surface area contributed by atoms with Gasteiger partial charge in [0.25, 0.3) is 5.91 Å². The fraction of sp³-hybridized carbons (Fsp3) is 0.737. The van der Waals surface area contributed by atoms with E-state index in [-0.39, 0.29) is 5.91 Å². The Morgan fingerprint density at radius 2 is 1.56 bits per heavy atom. The predicted octanol–water partition coefficient (Wildman–Crippen LogP) is 2.17. The first-order valence-corrected chi connectivity index (χ1v) is 9.93. The average molecular weight is 343 g/mol. The molecule has 0 unspecified atom stereocenters. The number of hydrogen-bond donors (Lipinski definition) is 0. The second kappa shape index (κ2) is 7.68. The molecule has 0 radical (unpaired) electrons. The van der Waals surface area contributed by atoms with Gasteiger partial charge in [0, 0.05) is 45.3 Å². The van der Waals surface area contributed by atoms with Crippen LogP contribution in [0.5, 0.6) is 0 Å². The lowest BCUT2D eigenvalue weighted by Crippen LogP contribution is -2.52. The molecule has 136 valence electrons. The second-order valence-corrected chi connectivity index (χ2v) is 7.59. The Balaban J connectivity index is 1.32. The van der Waals surface area contributed by atoms with E-state index < -0.39 is 0 Å². The minimum absolute atomic E-state index is 0.0313. The van der Waals surface area contributed by atoms with E-state index in [2.05, 4.69) is 20.0 Å². The zero-order valence-electron chi connectivity index (χ0n) is 15.1. The van der Waals surface area contributed by atoms with Crippen LogP contribution in [0.3, 0.4) is 0 Å². The van der Waals surface area contributed by atoms with Crippen LogP contribution >= 0.6 is 0 Å². The van der Waals surface area contributed by atoms with E-state index in [0.717, 1.165) is 51.1 Å². The molecule has 1 amide bonds. The number of anilines is 1. The van der Waals surface area contributed by atoms with Gasteiger partial charge in [-0.25, -0.2) is 0 Å². The Morgan fingerprint density at radius 3 is 2.20 bits per heavy atom. The molecule has 2 aliphatic heterocycles. The second-order valence-electron chi connectivity index (χ2n) is 7.59. The van der Waals surface area contributed by atoms with Crippen LogP contribution in [0.2, 0.25) is 0 Å². The Morgan fingerprint density at radius 1 is 0.840 bits per heavy atom. The summed E-state index contributed by atoms with van der Waals surface area (Å²) in [4.78, 5) is 19.5. The van der Waals surface area contributed by atoms with E-state index in [0.29, 0.717) is 5.69 Å². The van der Waals surface area contributed by atoms with Crippen molar-refractivity contribution in [2.45, 2.75) is 51.0 Å². The number of aromatic nitrogens is 2. The van der Waals surface area contributed by atoms with Crippen LogP contribution in [0.15, 0.2) is 12.1 Å². The van der Waals surface area contributed by atoms with Gasteiger partial charge >= 0.3 is 0 Å². The van der Waals surface area contributed by atoms with Gasteiger partial charge in [0.05, 0.1) is 0 Å². The smallest absolute Gasteiger partial charge is 0.274 e. The lowest BCUT2D eigenvalue weighted by atomic mass is 9.94. The van der Waals surface area contributed by atoms with E-state index in [4.69, 9.17) is 0 Å². The fourth-order valence-corrected chi connectivity index (χ4v) is 4.45. The quantitative estimate of drug-likeness (QED) is 0.842. The van der Waals surface area contributed by atoms with Crippen LogP contribution in [0.1, 0.15) is 55.4 Å². The van der Waals surface area contributed by atoms with Crippen molar-refractivity contribution in [2.75, 3.05) is 44.2 Å². The fourth-order valence-electron chi connectivity index (χ4n) is 4.45. The molecule has 1 aromatic heterocycles. The molecule has 6 heteroatoms. The van der Waals surface area contributed by atoms with Crippen LogP contribution < -0.4 is 4.90 Å². The number of piperazine rings is 1. The highest BCUT2D eigenvalue weighted by Gasteiger charge is 2.28. The summed E-state index contributed by atoms with van der Waals surface area (Å²) in [5.74, 6) is 0.930. The number of nitrogens with zero attached hydrogens (tertiary/aromatic N) is 5. The first-order chi connectivity index (χ1) is 12.3. The van der Waals surface area contributed by atoms with Crippen molar-refractivity contribution >= 4 is 11.7 Å². The standard InChI is InChI=1S/C19H29N5O/c25-19(17-8-9-18(21-20-17)23-10-4-5-11-23)24-14-12-22(13-15-24)16-6-2-1-3-7-16/h8-9,16H,1-7,10-15H2. The monoisotopic (exact) mass is 343 g/mol. The number of carbonyl (C=O) groups excluding carboxylic acids is 1. The summed E-state index contributed by atoms with van der Waals surface area (Å²) in [5.41, 5.74) is 0.481. The zero-order chi connectivity index (χ0) is 17.1. The predicted molar refractivity (Wildman–Crippen MR) is 97.8 cm³/mol. The van der Waals surface area contributed by atoms with Gasteiger partial charge in [0.15, 0.2) is 11.5 Å². The van der Waals surface area contributed by atoms with Crippen LogP contribution in [0.25, 0.3) is 0 Å². The molecule has 1 saturated carbocycles. The van der Waals surface area contributed by atoms with E-state index in [1.165, 1.54) is 44.9 Å². The van der Waals surface area contributed by atoms with E-state index in [1.807, 2.05) is 17.0 Å². The van der Waals surface area contributed by atoms with Gasteiger partial charge in [-0.1, -0.05) is 19.3 Å². The molecule has 1 aliphatic carbocycles. The van der Waals surface area contributed by atoms with Gasteiger partial charge < -0.3 is 9.80 Å². The Hall–Kier alpha value is -1.69. The number of carbonyl (C=O) groups is 1. The van der Waals surface area contributed by atoms with Crippen molar-refractivity contribution in [3.63, 3.8) is 0 Å². The molecule has 0 N–H and O–H groups in total. The van der Waals surface area contributed by atoms with Crippen LogP contribution in [0.4, 0.5) is 5.82 Å². The molecule has 0 bridgehead atoms. The summed E-state index contributed by atoms with van der Waals surface area (Å²) < 4.78 is 0. The molecule has 3 fully saturated rings. The highest BCUT2D eigenvalue weighted by atomic mass is 16.2. The molecule has 3 aliphatic rings. The Labute approximate surface area is 150 Å². The number of hydrogen-bond acceptors (Lipinski definition) is 5. The summed E-state index contributed by atoms with van der Waals surface area (Å²) in [6, 6.07) is 4.53. The third-order valence-electron chi connectivity index (χ3n) is 5.99. The average Bonchev–Trinajstić information content (AvgIpc) is 3.23. The summed E-state index contributed by atoms with van der Waals surface area (Å²) >= 11 is 0. The largest absolute Gasteiger partial charge is 0.355 e. The summed E-state index contributed by atoms with van der Waals surface area (Å²) in [6.45, 7) is 5.71. The van der Waals surface area contributed by atoms with E-state index in [9.17, 15) is 4.79 Å². The van der Waals surface area contributed by atoms with Gasteiger partial charge in [-0.05, 0) is 37.8 Å². The SMILES string of the molecule is O=C(c1ccc(N2CCCC2)nn1)N1CCN(C2CCCCC2)CC1. The number of amides is 1. The molecule has 6 nitrogen and oxygen atoms in total. The lowest BCUT2D eigenvalue weighted by molar-refractivity contribution is 0.0517. The van der Waals surface area contributed by atoms with Gasteiger partial charge in [-0.2, -0.15) is 0 Å². The van der Waals surface area contributed by atoms with Crippen molar-refractivity contribution in [2.24, 2.45) is 0 Å². The van der Waals surface area contributed by atoms with Gasteiger partial charge in [0.1, 0.15) is 0 Å². The van der Waals surface area contributed by atoms with Crippen LogP contribution in [-0.2, 0) is 0 Å². The third kappa shape index (κ3) is 3.78. The van der Waals surface area contributed by atoms with E-state index >= 15 is 0 Å². The maximum atomic E-state index is 12.7. The van der Waals surface area contributed by atoms with Crippen molar-refractivity contribution in [1.82, 2.24) is 20.0 Å². The molecular weight excluding hydrogens is 314 g/mol. The Kier molecular flexibility index (Phi) is 5.15. The first-order valence-electron chi connectivity index (χ1n) is 9.93. The molecule has 1 aromatic rings. The Bertz CT molecular complexity index is 570. The lowest BCUT2D eigenvalue weighted by Gasteiger charge is -2.40. The first kappa shape index (κ1) is 16.8. The minimum Gasteiger partial charge on any atom is -0.355 e. The maximum absolute atomic E-state index is 12.7. The molecule has 2 saturated heterocycles. The zero-order valence-corrected chi connectivity index (χ0v) is 15.1. The molecule has 3 heterocycles. The molecule has 0 atom stereocenters. The van der Waals surface area contributed by atoms with Gasteiger partial charge in [-0.3, -0.25) is 9.69 Å². The van der Waals surface area contributed by atoms with Gasteiger partial charge in [-0.15, -0.1) is 10.2 Å².